The first-order valence-electron chi connectivity index (χ1n) is 9.50. The van der Waals surface area contributed by atoms with E-state index in [4.69, 9.17) is 0 Å². The minimum atomic E-state index is -0.178. The Labute approximate surface area is 155 Å². The third-order valence-corrected chi connectivity index (χ3v) is 4.86. The minimum Gasteiger partial charge on any atom is -0.349 e. The second-order valence-corrected chi connectivity index (χ2v) is 6.92. The molecule has 4 nitrogen and oxygen atoms in total. The van der Waals surface area contributed by atoms with Gasteiger partial charge >= 0.3 is 0 Å². The van der Waals surface area contributed by atoms with Crippen molar-refractivity contribution in [3.05, 3.63) is 65.7 Å². The van der Waals surface area contributed by atoms with Crippen molar-refractivity contribution in [2.75, 3.05) is 5.32 Å². The predicted molar refractivity (Wildman–Crippen MR) is 104 cm³/mol. The molecule has 0 heterocycles. The molecule has 26 heavy (non-hydrogen) atoms. The van der Waals surface area contributed by atoms with Crippen LogP contribution in [-0.4, -0.2) is 17.9 Å². The third-order valence-electron chi connectivity index (χ3n) is 4.86. The number of hydrogen-bond donors (Lipinski definition) is 2. The molecule has 0 aliphatic heterocycles. The van der Waals surface area contributed by atoms with Crippen LogP contribution in [0.5, 0.6) is 0 Å². The first kappa shape index (κ1) is 18.2. The molecule has 0 unspecified atom stereocenters. The van der Waals surface area contributed by atoms with Crippen LogP contribution in [0.15, 0.2) is 54.6 Å². The SMILES string of the molecule is O=C(Nc1cccc(C(=O)NC2CCCCCCC2)c1)c1ccccc1. The summed E-state index contributed by atoms with van der Waals surface area (Å²) in [6.07, 6.45) is 8.28. The standard InChI is InChI=1S/C22H26N2O2/c25-21(17-10-5-4-6-11-17)24-20-15-9-12-18(16-20)22(26)23-19-13-7-2-1-3-8-14-19/h4-6,9-12,15-16,19H,1-3,7-8,13-14H2,(H,23,26)(H,24,25). The largest absolute Gasteiger partial charge is 0.349 e. The molecule has 0 bridgehead atoms. The quantitative estimate of drug-likeness (QED) is 0.833. The molecule has 1 fully saturated rings. The van der Waals surface area contributed by atoms with Gasteiger partial charge in [-0.3, -0.25) is 9.59 Å². The van der Waals surface area contributed by atoms with Gasteiger partial charge in [-0.2, -0.15) is 0 Å². The van der Waals surface area contributed by atoms with Gasteiger partial charge in [-0.05, 0) is 43.2 Å². The molecule has 0 spiro atoms. The summed E-state index contributed by atoms with van der Waals surface area (Å²) < 4.78 is 0. The highest BCUT2D eigenvalue weighted by molar-refractivity contribution is 6.05. The Bertz CT molecular complexity index is 735. The van der Waals surface area contributed by atoms with Gasteiger partial charge < -0.3 is 10.6 Å². The number of hydrogen-bond acceptors (Lipinski definition) is 2. The Hall–Kier alpha value is -2.62. The van der Waals surface area contributed by atoms with Crippen LogP contribution in [0.3, 0.4) is 0 Å². The van der Waals surface area contributed by atoms with Gasteiger partial charge in [-0.15, -0.1) is 0 Å². The molecule has 136 valence electrons. The summed E-state index contributed by atoms with van der Waals surface area (Å²) in [5.74, 6) is -0.241. The zero-order valence-electron chi connectivity index (χ0n) is 15.0. The van der Waals surface area contributed by atoms with Gasteiger partial charge in [0.2, 0.25) is 0 Å². The molecular weight excluding hydrogens is 324 g/mol. The lowest BCUT2D eigenvalue weighted by atomic mass is 9.96. The molecule has 2 amide bonds. The topological polar surface area (TPSA) is 58.2 Å². The average Bonchev–Trinajstić information content (AvgIpc) is 2.64. The Morgan fingerprint density at radius 1 is 0.731 bits per heavy atom. The van der Waals surface area contributed by atoms with Crippen LogP contribution in [0.25, 0.3) is 0 Å². The van der Waals surface area contributed by atoms with E-state index in [9.17, 15) is 9.59 Å². The highest BCUT2D eigenvalue weighted by atomic mass is 16.2. The first-order chi connectivity index (χ1) is 12.7. The number of carbonyl (C=O) groups is 2. The van der Waals surface area contributed by atoms with Crippen molar-refractivity contribution in [3.8, 4) is 0 Å². The molecule has 2 N–H and O–H groups in total. The van der Waals surface area contributed by atoms with Crippen LogP contribution in [0, 0.1) is 0 Å². The molecule has 2 aromatic carbocycles. The zero-order chi connectivity index (χ0) is 18.2. The molecule has 1 saturated carbocycles. The van der Waals surface area contributed by atoms with E-state index in [1.165, 1.54) is 32.1 Å². The summed E-state index contributed by atoms with van der Waals surface area (Å²) in [6.45, 7) is 0. The van der Waals surface area contributed by atoms with E-state index in [1.807, 2.05) is 18.2 Å². The Morgan fingerprint density at radius 2 is 1.38 bits per heavy atom. The van der Waals surface area contributed by atoms with Gasteiger partial charge in [0.25, 0.3) is 11.8 Å². The van der Waals surface area contributed by atoms with Gasteiger partial charge in [0.05, 0.1) is 0 Å². The number of benzene rings is 2. The lowest BCUT2D eigenvalue weighted by Gasteiger charge is -2.21. The predicted octanol–water partition coefficient (Wildman–Crippen LogP) is 4.78. The smallest absolute Gasteiger partial charge is 0.255 e. The maximum atomic E-state index is 12.6. The Kier molecular flexibility index (Phi) is 6.42. The van der Waals surface area contributed by atoms with Crippen molar-refractivity contribution in [1.29, 1.82) is 0 Å². The first-order valence-corrected chi connectivity index (χ1v) is 9.50. The summed E-state index contributed by atoms with van der Waals surface area (Å²) >= 11 is 0. The number of rotatable bonds is 4. The maximum Gasteiger partial charge on any atom is 0.255 e. The van der Waals surface area contributed by atoms with Gasteiger partial charge in [-0.1, -0.05) is 56.4 Å². The van der Waals surface area contributed by atoms with E-state index in [-0.39, 0.29) is 17.9 Å². The van der Waals surface area contributed by atoms with E-state index in [0.29, 0.717) is 16.8 Å². The van der Waals surface area contributed by atoms with Crippen LogP contribution in [0.4, 0.5) is 5.69 Å². The fraction of sp³-hybridized carbons (Fsp3) is 0.364. The van der Waals surface area contributed by atoms with Crippen LogP contribution in [-0.2, 0) is 0 Å². The molecular formula is C22H26N2O2. The fourth-order valence-corrected chi connectivity index (χ4v) is 3.40. The van der Waals surface area contributed by atoms with E-state index in [0.717, 1.165) is 12.8 Å². The van der Waals surface area contributed by atoms with Gasteiger partial charge in [0, 0.05) is 22.9 Å². The van der Waals surface area contributed by atoms with Gasteiger partial charge in [0.1, 0.15) is 0 Å². The number of carbonyl (C=O) groups excluding carboxylic acids is 2. The molecule has 0 aromatic heterocycles. The van der Waals surface area contributed by atoms with E-state index in [1.54, 1.807) is 36.4 Å². The lowest BCUT2D eigenvalue weighted by Crippen LogP contribution is -2.35. The second-order valence-electron chi connectivity index (χ2n) is 6.92. The van der Waals surface area contributed by atoms with E-state index >= 15 is 0 Å². The van der Waals surface area contributed by atoms with Crippen molar-refractivity contribution in [2.24, 2.45) is 0 Å². The van der Waals surface area contributed by atoms with Crippen LogP contribution in [0.1, 0.15) is 65.7 Å². The number of amides is 2. The minimum absolute atomic E-state index is 0.0635. The molecule has 0 saturated heterocycles. The van der Waals surface area contributed by atoms with Crippen LogP contribution < -0.4 is 10.6 Å². The molecule has 0 radical (unpaired) electrons. The summed E-state index contributed by atoms with van der Waals surface area (Å²) in [6, 6.07) is 16.4. The van der Waals surface area contributed by atoms with Crippen molar-refractivity contribution in [2.45, 2.75) is 51.0 Å². The van der Waals surface area contributed by atoms with Gasteiger partial charge in [-0.25, -0.2) is 0 Å². The van der Waals surface area contributed by atoms with E-state index in [2.05, 4.69) is 10.6 Å². The van der Waals surface area contributed by atoms with E-state index < -0.39 is 0 Å². The Balaban J connectivity index is 1.62. The summed E-state index contributed by atoms with van der Waals surface area (Å²) in [4.78, 5) is 24.9. The maximum absolute atomic E-state index is 12.6. The number of anilines is 1. The summed E-state index contributed by atoms with van der Waals surface area (Å²) in [5.41, 5.74) is 1.80. The zero-order valence-corrected chi connectivity index (χ0v) is 15.0. The molecule has 0 atom stereocenters. The second kappa shape index (κ2) is 9.18. The highest BCUT2D eigenvalue weighted by Gasteiger charge is 2.15. The van der Waals surface area contributed by atoms with Crippen molar-refractivity contribution < 1.29 is 9.59 Å². The Morgan fingerprint density at radius 3 is 2.12 bits per heavy atom. The van der Waals surface area contributed by atoms with Crippen molar-refractivity contribution in [3.63, 3.8) is 0 Å². The van der Waals surface area contributed by atoms with Crippen molar-refractivity contribution in [1.82, 2.24) is 5.32 Å². The number of nitrogens with one attached hydrogen (secondary N) is 2. The summed E-state index contributed by atoms with van der Waals surface area (Å²) in [5, 5.41) is 6.02. The summed E-state index contributed by atoms with van der Waals surface area (Å²) in [7, 11) is 0. The average molecular weight is 350 g/mol. The molecule has 3 rings (SSSR count). The monoisotopic (exact) mass is 350 g/mol. The highest BCUT2D eigenvalue weighted by Crippen LogP contribution is 2.18. The molecule has 1 aliphatic carbocycles. The fourth-order valence-electron chi connectivity index (χ4n) is 3.40. The molecule has 2 aromatic rings. The van der Waals surface area contributed by atoms with Crippen LogP contribution >= 0.6 is 0 Å². The van der Waals surface area contributed by atoms with Crippen molar-refractivity contribution >= 4 is 17.5 Å². The molecule has 4 heteroatoms. The van der Waals surface area contributed by atoms with Gasteiger partial charge in [0.15, 0.2) is 0 Å². The third kappa shape index (κ3) is 5.19. The van der Waals surface area contributed by atoms with Crippen LogP contribution in [0.2, 0.25) is 0 Å². The normalized spacial score (nSPS) is 15.5. The lowest BCUT2D eigenvalue weighted by molar-refractivity contribution is 0.0929. The molecule has 1 aliphatic rings.